The highest BCUT2D eigenvalue weighted by atomic mass is 16.4. The number of benzene rings is 2. The number of aryl methyl sites for hydroxylation is 1. The molecule has 8 heteroatoms. The SMILES string of the molecule is O=C(O)CCn1nccc1C(=O)NCc1cn(-c2ccccc2)nc1-c1ccccc1. The summed E-state index contributed by atoms with van der Waals surface area (Å²) in [4.78, 5) is 23.5. The fourth-order valence-corrected chi connectivity index (χ4v) is 3.26. The number of rotatable bonds is 8. The van der Waals surface area contributed by atoms with Gasteiger partial charge in [0.25, 0.3) is 5.91 Å². The van der Waals surface area contributed by atoms with Crippen LogP contribution in [0.2, 0.25) is 0 Å². The number of carboxylic acid groups (broad SMARTS) is 1. The van der Waals surface area contributed by atoms with Gasteiger partial charge in [-0.2, -0.15) is 10.2 Å². The molecule has 1 amide bonds. The molecule has 2 heterocycles. The van der Waals surface area contributed by atoms with Gasteiger partial charge in [0.2, 0.25) is 0 Å². The topological polar surface area (TPSA) is 102 Å². The van der Waals surface area contributed by atoms with Crippen molar-refractivity contribution in [1.82, 2.24) is 24.9 Å². The summed E-state index contributed by atoms with van der Waals surface area (Å²) in [6, 6.07) is 21.1. The highest BCUT2D eigenvalue weighted by molar-refractivity contribution is 5.92. The van der Waals surface area contributed by atoms with Crippen LogP contribution in [-0.4, -0.2) is 36.5 Å². The molecule has 0 aliphatic heterocycles. The minimum Gasteiger partial charge on any atom is -0.481 e. The van der Waals surface area contributed by atoms with Crippen molar-refractivity contribution in [2.24, 2.45) is 0 Å². The van der Waals surface area contributed by atoms with Gasteiger partial charge in [-0.25, -0.2) is 4.68 Å². The summed E-state index contributed by atoms with van der Waals surface area (Å²) in [5, 5.41) is 20.6. The van der Waals surface area contributed by atoms with Crippen molar-refractivity contribution >= 4 is 11.9 Å². The van der Waals surface area contributed by atoms with Crippen molar-refractivity contribution in [1.29, 1.82) is 0 Å². The molecule has 0 aliphatic carbocycles. The molecule has 31 heavy (non-hydrogen) atoms. The van der Waals surface area contributed by atoms with E-state index in [1.807, 2.05) is 66.9 Å². The molecule has 0 bridgehead atoms. The van der Waals surface area contributed by atoms with Gasteiger partial charge in [0.1, 0.15) is 5.69 Å². The summed E-state index contributed by atoms with van der Waals surface area (Å²) >= 11 is 0. The summed E-state index contributed by atoms with van der Waals surface area (Å²) in [7, 11) is 0. The lowest BCUT2D eigenvalue weighted by atomic mass is 10.1. The Morgan fingerprint density at radius 2 is 1.68 bits per heavy atom. The number of nitrogens with one attached hydrogen (secondary N) is 1. The molecule has 4 rings (SSSR count). The van der Waals surface area contributed by atoms with E-state index in [1.165, 1.54) is 10.9 Å². The fourth-order valence-electron chi connectivity index (χ4n) is 3.26. The molecule has 2 aromatic carbocycles. The van der Waals surface area contributed by atoms with Crippen molar-refractivity contribution in [3.8, 4) is 16.9 Å². The molecule has 8 nitrogen and oxygen atoms in total. The maximum Gasteiger partial charge on any atom is 0.305 e. The standard InChI is InChI=1S/C23H21N5O3/c29-21(30)12-14-27-20(11-13-25-27)23(31)24-15-18-16-28(19-9-5-2-6-10-19)26-22(18)17-7-3-1-4-8-17/h1-11,13,16H,12,14-15H2,(H,24,31)(H,29,30). The average Bonchev–Trinajstić information content (AvgIpc) is 3.44. The van der Waals surface area contributed by atoms with Crippen LogP contribution >= 0.6 is 0 Å². The minimum absolute atomic E-state index is 0.107. The molecule has 0 spiro atoms. The molecular weight excluding hydrogens is 394 g/mol. The molecule has 2 N–H and O–H groups in total. The van der Waals surface area contributed by atoms with Gasteiger partial charge in [0.15, 0.2) is 0 Å². The predicted octanol–water partition coefficient (Wildman–Crippen LogP) is 3.14. The van der Waals surface area contributed by atoms with Crippen LogP contribution in [0.25, 0.3) is 16.9 Å². The highest BCUT2D eigenvalue weighted by Crippen LogP contribution is 2.23. The second-order valence-electron chi connectivity index (χ2n) is 6.92. The predicted molar refractivity (Wildman–Crippen MR) is 115 cm³/mol. The highest BCUT2D eigenvalue weighted by Gasteiger charge is 2.16. The number of amides is 1. The first-order valence-corrected chi connectivity index (χ1v) is 9.83. The summed E-state index contributed by atoms with van der Waals surface area (Å²) in [6.07, 6.45) is 3.28. The van der Waals surface area contributed by atoms with E-state index < -0.39 is 5.97 Å². The summed E-state index contributed by atoms with van der Waals surface area (Å²) in [5.74, 6) is -1.27. The number of nitrogens with zero attached hydrogens (tertiary/aromatic N) is 4. The van der Waals surface area contributed by atoms with E-state index in [9.17, 15) is 9.59 Å². The van der Waals surface area contributed by atoms with E-state index in [-0.39, 0.29) is 25.4 Å². The quantitative estimate of drug-likeness (QED) is 0.460. The lowest BCUT2D eigenvalue weighted by molar-refractivity contribution is -0.137. The van der Waals surface area contributed by atoms with Crippen LogP contribution in [0.1, 0.15) is 22.5 Å². The van der Waals surface area contributed by atoms with Gasteiger partial charge in [-0.1, -0.05) is 48.5 Å². The second kappa shape index (κ2) is 9.08. The number of aromatic nitrogens is 4. The number of carboxylic acids is 1. The Labute approximate surface area is 178 Å². The molecular formula is C23H21N5O3. The Morgan fingerprint density at radius 1 is 0.968 bits per heavy atom. The Balaban J connectivity index is 1.57. The van der Waals surface area contributed by atoms with Gasteiger partial charge in [-0.3, -0.25) is 14.3 Å². The first kappa shape index (κ1) is 20.1. The largest absolute Gasteiger partial charge is 0.481 e. The third kappa shape index (κ3) is 4.69. The lowest BCUT2D eigenvalue weighted by Crippen LogP contribution is -2.26. The van der Waals surface area contributed by atoms with Crippen LogP contribution in [0.3, 0.4) is 0 Å². The number of carbonyl (C=O) groups excluding carboxylic acids is 1. The van der Waals surface area contributed by atoms with Gasteiger partial charge in [-0.05, 0) is 18.2 Å². The van der Waals surface area contributed by atoms with Crippen molar-refractivity contribution in [2.45, 2.75) is 19.5 Å². The van der Waals surface area contributed by atoms with E-state index in [1.54, 1.807) is 10.7 Å². The lowest BCUT2D eigenvalue weighted by Gasteiger charge is -2.08. The molecule has 0 unspecified atom stereocenters. The molecule has 0 saturated carbocycles. The minimum atomic E-state index is -0.942. The van der Waals surface area contributed by atoms with Gasteiger partial charge in [-0.15, -0.1) is 0 Å². The maximum atomic E-state index is 12.7. The Bertz CT molecular complexity index is 1180. The van der Waals surface area contributed by atoms with Gasteiger partial charge in [0, 0.05) is 30.1 Å². The van der Waals surface area contributed by atoms with Crippen LogP contribution in [0.5, 0.6) is 0 Å². The number of carbonyl (C=O) groups is 2. The van der Waals surface area contributed by atoms with Crippen molar-refractivity contribution < 1.29 is 14.7 Å². The maximum absolute atomic E-state index is 12.7. The van der Waals surface area contributed by atoms with E-state index in [0.29, 0.717) is 5.69 Å². The molecule has 0 saturated heterocycles. The van der Waals surface area contributed by atoms with Gasteiger partial charge < -0.3 is 10.4 Å². The Morgan fingerprint density at radius 3 is 2.39 bits per heavy atom. The molecule has 2 aromatic heterocycles. The number of hydrogen-bond acceptors (Lipinski definition) is 4. The van der Waals surface area contributed by atoms with Crippen LogP contribution in [0.15, 0.2) is 79.1 Å². The molecule has 4 aromatic rings. The molecule has 156 valence electrons. The van der Waals surface area contributed by atoms with E-state index in [4.69, 9.17) is 10.2 Å². The first-order chi connectivity index (χ1) is 15.1. The number of hydrogen-bond donors (Lipinski definition) is 2. The molecule has 0 radical (unpaired) electrons. The van der Waals surface area contributed by atoms with Crippen LogP contribution in [0.4, 0.5) is 0 Å². The van der Waals surface area contributed by atoms with Gasteiger partial charge >= 0.3 is 5.97 Å². The Hall–Kier alpha value is -4.20. The van der Waals surface area contributed by atoms with Crippen LogP contribution in [0, 0.1) is 0 Å². The average molecular weight is 415 g/mol. The first-order valence-electron chi connectivity index (χ1n) is 9.83. The zero-order valence-corrected chi connectivity index (χ0v) is 16.7. The molecule has 0 fully saturated rings. The fraction of sp³-hybridized carbons (Fsp3) is 0.130. The van der Waals surface area contributed by atoms with E-state index in [0.717, 1.165) is 22.5 Å². The zero-order valence-electron chi connectivity index (χ0n) is 16.7. The van der Waals surface area contributed by atoms with E-state index in [2.05, 4.69) is 10.4 Å². The van der Waals surface area contributed by atoms with Crippen LogP contribution in [-0.2, 0) is 17.9 Å². The van der Waals surface area contributed by atoms with Gasteiger partial charge in [0.05, 0.1) is 24.3 Å². The van der Waals surface area contributed by atoms with Crippen molar-refractivity contribution in [3.63, 3.8) is 0 Å². The van der Waals surface area contributed by atoms with Crippen molar-refractivity contribution in [3.05, 3.63) is 90.4 Å². The normalized spacial score (nSPS) is 10.7. The summed E-state index contributed by atoms with van der Waals surface area (Å²) in [6.45, 7) is 0.395. The summed E-state index contributed by atoms with van der Waals surface area (Å²) in [5.41, 5.74) is 3.83. The second-order valence-corrected chi connectivity index (χ2v) is 6.92. The molecule has 0 atom stereocenters. The zero-order chi connectivity index (χ0) is 21.6. The number of para-hydroxylation sites is 1. The third-order valence-electron chi connectivity index (χ3n) is 4.78. The van der Waals surface area contributed by atoms with Crippen molar-refractivity contribution in [2.75, 3.05) is 0 Å². The van der Waals surface area contributed by atoms with Crippen LogP contribution < -0.4 is 5.32 Å². The smallest absolute Gasteiger partial charge is 0.305 e. The third-order valence-corrected chi connectivity index (χ3v) is 4.78. The van der Waals surface area contributed by atoms with E-state index >= 15 is 0 Å². The molecule has 0 aliphatic rings. The monoisotopic (exact) mass is 415 g/mol. The Kier molecular flexibility index (Phi) is 5.89. The summed E-state index contributed by atoms with van der Waals surface area (Å²) < 4.78 is 3.19. The number of aliphatic carboxylic acids is 1.